The first-order valence-corrected chi connectivity index (χ1v) is 6.01. The fourth-order valence-electron chi connectivity index (χ4n) is 2.56. The maximum absolute atomic E-state index is 5.66. The van der Waals surface area contributed by atoms with E-state index in [1.165, 1.54) is 30.3 Å². The number of benzene rings is 1. The van der Waals surface area contributed by atoms with Crippen molar-refractivity contribution >= 4 is 11.0 Å². The summed E-state index contributed by atoms with van der Waals surface area (Å²) < 4.78 is 5.66. The van der Waals surface area contributed by atoms with Gasteiger partial charge in [0.05, 0.1) is 0 Å². The second kappa shape index (κ2) is 3.95. The molecule has 1 fully saturated rings. The minimum absolute atomic E-state index is 0.800. The number of furan rings is 1. The summed E-state index contributed by atoms with van der Waals surface area (Å²) in [6.45, 7) is 4.34. The number of hydrogen-bond donors (Lipinski definition) is 1. The van der Waals surface area contributed by atoms with Crippen molar-refractivity contribution in [2.45, 2.75) is 19.8 Å². The molecule has 16 heavy (non-hydrogen) atoms. The molecule has 0 radical (unpaired) electrons. The molecule has 84 valence electrons. The summed E-state index contributed by atoms with van der Waals surface area (Å²) in [5.74, 6) is 1.79. The molecule has 1 saturated heterocycles. The number of hydrogen-bond acceptors (Lipinski definition) is 2. The van der Waals surface area contributed by atoms with E-state index >= 15 is 0 Å². The molecule has 2 heterocycles. The number of aryl methyl sites for hydroxylation is 1. The van der Waals surface area contributed by atoms with Crippen LogP contribution >= 0.6 is 0 Å². The molecule has 0 saturated carbocycles. The van der Waals surface area contributed by atoms with Gasteiger partial charge >= 0.3 is 0 Å². The van der Waals surface area contributed by atoms with Crippen molar-refractivity contribution in [3.05, 3.63) is 35.6 Å². The minimum Gasteiger partial charge on any atom is -0.461 e. The Kier molecular flexibility index (Phi) is 2.44. The largest absolute Gasteiger partial charge is 0.461 e. The summed E-state index contributed by atoms with van der Waals surface area (Å²) in [6.07, 6.45) is 2.47. The molecule has 3 rings (SSSR count). The van der Waals surface area contributed by atoms with E-state index in [2.05, 4.69) is 29.6 Å². The summed E-state index contributed by atoms with van der Waals surface area (Å²) in [5.41, 5.74) is 2.43. The second-order valence-electron chi connectivity index (χ2n) is 4.79. The van der Waals surface area contributed by atoms with Gasteiger partial charge in [-0.3, -0.25) is 0 Å². The predicted octanol–water partition coefficient (Wildman–Crippen LogP) is 2.89. The molecule has 1 aromatic heterocycles. The van der Waals surface area contributed by atoms with Crippen LogP contribution in [0.15, 0.2) is 28.7 Å². The predicted molar refractivity (Wildman–Crippen MR) is 65.6 cm³/mol. The Morgan fingerprint density at radius 3 is 3.12 bits per heavy atom. The molecule has 2 aromatic rings. The van der Waals surface area contributed by atoms with Gasteiger partial charge in [-0.2, -0.15) is 0 Å². The summed E-state index contributed by atoms with van der Waals surface area (Å²) >= 11 is 0. The summed E-state index contributed by atoms with van der Waals surface area (Å²) in [4.78, 5) is 0. The van der Waals surface area contributed by atoms with Crippen molar-refractivity contribution in [3.63, 3.8) is 0 Å². The van der Waals surface area contributed by atoms with E-state index in [-0.39, 0.29) is 0 Å². The third kappa shape index (κ3) is 1.85. The lowest BCUT2D eigenvalue weighted by molar-refractivity contribution is 0.570. The lowest BCUT2D eigenvalue weighted by atomic mass is 9.98. The SMILES string of the molecule is Cc1cc2ccc(CC3CCNC3)cc2o1. The van der Waals surface area contributed by atoms with Gasteiger partial charge in [-0.1, -0.05) is 12.1 Å². The molecule has 2 nitrogen and oxygen atoms in total. The van der Waals surface area contributed by atoms with E-state index in [0.29, 0.717) is 0 Å². The van der Waals surface area contributed by atoms with Crippen LogP contribution in [0.3, 0.4) is 0 Å². The van der Waals surface area contributed by atoms with Gasteiger partial charge in [-0.25, -0.2) is 0 Å². The lowest BCUT2D eigenvalue weighted by Gasteiger charge is -2.07. The standard InChI is InChI=1S/C14H17NO/c1-10-6-13-3-2-11(8-14(13)16-10)7-12-4-5-15-9-12/h2-3,6,8,12,15H,4-5,7,9H2,1H3. The zero-order chi connectivity index (χ0) is 11.0. The zero-order valence-electron chi connectivity index (χ0n) is 9.62. The van der Waals surface area contributed by atoms with Gasteiger partial charge in [0.2, 0.25) is 0 Å². The number of nitrogens with one attached hydrogen (secondary N) is 1. The Morgan fingerprint density at radius 2 is 2.31 bits per heavy atom. The zero-order valence-corrected chi connectivity index (χ0v) is 9.62. The first-order valence-electron chi connectivity index (χ1n) is 6.01. The molecule has 1 N–H and O–H groups in total. The first-order chi connectivity index (χ1) is 7.81. The minimum atomic E-state index is 0.800. The summed E-state index contributed by atoms with van der Waals surface area (Å²) in [7, 11) is 0. The highest BCUT2D eigenvalue weighted by atomic mass is 16.3. The van der Waals surface area contributed by atoms with Crippen LogP contribution in [0.1, 0.15) is 17.7 Å². The van der Waals surface area contributed by atoms with Gasteiger partial charge in [0.25, 0.3) is 0 Å². The van der Waals surface area contributed by atoms with Crippen molar-refractivity contribution in [1.82, 2.24) is 5.32 Å². The van der Waals surface area contributed by atoms with Crippen LogP contribution in [0, 0.1) is 12.8 Å². The summed E-state index contributed by atoms with van der Waals surface area (Å²) in [6, 6.07) is 8.69. The van der Waals surface area contributed by atoms with Crippen molar-refractivity contribution < 1.29 is 4.42 Å². The molecule has 0 spiro atoms. The molecule has 0 bridgehead atoms. The van der Waals surface area contributed by atoms with Crippen LogP contribution in [-0.4, -0.2) is 13.1 Å². The van der Waals surface area contributed by atoms with E-state index < -0.39 is 0 Å². The number of fused-ring (bicyclic) bond motifs is 1. The van der Waals surface area contributed by atoms with Gasteiger partial charge in [0.1, 0.15) is 11.3 Å². The van der Waals surface area contributed by atoms with Gasteiger partial charge in [0.15, 0.2) is 0 Å². The topological polar surface area (TPSA) is 25.2 Å². The van der Waals surface area contributed by atoms with Crippen LogP contribution in [0.4, 0.5) is 0 Å². The monoisotopic (exact) mass is 215 g/mol. The van der Waals surface area contributed by atoms with Crippen molar-refractivity contribution in [3.8, 4) is 0 Å². The highest BCUT2D eigenvalue weighted by Crippen LogP contribution is 2.22. The van der Waals surface area contributed by atoms with Crippen molar-refractivity contribution in [1.29, 1.82) is 0 Å². The Bertz CT molecular complexity index is 494. The fraction of sp³-hybridized carbons (Fsp3) is 0.429. The lowest BCUT2D eigenvalue weighted by Crippen LogP contribution is -2.10. The molecule has 1 aliphatic heterocycles. The fourth-order valence-corrected chi connectivity index (χ4v) is 2.56. The molecule has 1 atom stereocenters. The van der Waals surface area contributed by atoms with E-state index in [1.807, 2.05) is 6.92 Å². The quantitative estimate of drug-likeness (QED) is 0.833. The van der Waals surface area contributed by atoms with Gasteiger partial charge in [-0.05, 0) is 56.5 Å². The van der Waals surface area contributed by atoms with E-state index in [1.54, 1.807) is 0 Å². The molecule has 1 aliphatic rings. The number of rotatable bonds is 2. The van der Waals surface area contributed by atoms with Crippen LogP contribution in [0.25, 0.3) is 11.0 Å². The van der Waals surface area contributed by atoms with Gasteiger partial charge < -0.3 is 9.73 Å². The van der Waals surface area contributed by atoms with Crippen molar-refractivity contribution in [2.24, 2.45) is 5.92 Å². The van der Waals surface area contributed by atoms with Crippen LogP contribution < -0.4 is 5.32 Å². The van der Waals surface area contributed by atoms with Crippen molar-refractivity contribution in [2.75, 3.05) is 13.1 Å². The highest BCUT2D eigenvalue weighted by Gasteiger charge is 2.15. The smallest absolute Gasteiger partial charge is 0.134 e. The van der Waals surface area contributed by atoms with Crippen LogP contribution in [0.2, 0.25) is 0 Å². The maximum atomic E-state index is 5.66. The molecular formula is C14H17NO. The first kappa shape index (κ1) is 9.91. The Hall–Kier alpha value is -1.28. The molecule has 0 aliphatic carbocycles. The Morgan fingerprint density at radius 1 is 1.38 bits per heavy atom. The van der Waals surface area contributed by atoms with Crippen LogP contribution in [-0.2, 0) is 6.42 Å². The normalized spacial score (nSPS) is 20.7. The van der Waals surface area contributed by atoms with Gasteiger partial charge in [0, 0.05) is 5.39 Å². The average Bonchev–Trinajstić information content (AvgIpc) is 2.85. The maximum Gasteiger partial charge on any atom is 0.134 e. The van der Waals surface area contributed by atoms with E-state index in [0.717, 1.165) is 23.8 Å². The Labute approximate surface area is 95.6 Å². The third-order valence-electron chi connectivity index (χ3n) is 3.39. The molecule has 1 unspecified atom stereocenters. The third-order valence-corrected chi connectivity index (χ3v) is 3.39. The van der Waals surface area contributed by atoms with E-state index in [9.17, 15) is 0 Å². The molecule has 1 aromatic carbocycles. The molecular weight excluding hydrogens is 198 g/mol. The van der Waals surface area contributed by atoms with Gasteiger partial charge in [-0.15, -0.1) is 0 Å². The average molecular weight is 215 g/mol. The highest BCUT2D eigenvalue weighted by molar-refractivity contribution is 5.78. The van der Waals surface area contributed by atoms with E-state index in [4.69, 9.17) is 4.42 Å². The van der Waals surface area contributed by atoms with Crippen LogP contribution in [0.5, 0.6) is 0 Å². The summed E-state index contributed by atoms with van der Waals surface area (Å²) in [5, 5.41) is 4.62. The molecule has 0 amide bonds. The molecule has 2 heteroatoms. The Balaban J connectivity index is 1.86. The second-order valence-corrected chi connectivity index (χ2v) is 4.79.